The predicted octanol–water partition coefficient (Wildman–Crippen LogP) is 1.98. The zero-order valence-electron chi connectivity index (χ0n) is 14.3. The molecular weight excluding hydrogens is 302 g/mol. The van der Waals surface area contributed by atoms with Gasteiger partial charge in [-0.2, -0.15) is 0 Å². The Morgan fingerprint density at radius 1 is 1.21 bits per heavy atom. The average molecular weight is 329 g/mol. The SMILES string of the molecule is CC(c1ccccc1)N1CC(C(=O)NC2CCC(N)CC2)CC1=O. The number of carbonyl (C=O) groups is 2. The second kappa shape index (κ2) is 7.34. The first-order chi connectivity index (χ1) is 11.5. The van der Waals surface area contributed by atoms with E-state index >= 15 is 0 Å². The van der Waals surface area contributed by atoms with Crippen LogP contribution >= 0.6 is 0 Å². The van der Waals surface area contributed by atoms with Crippen molar-refractivity contribution in [2.45, 2.75) is 57.2 Å². The Balaban J connectivity index is 1.57. The molecule has 0 radical (unpaired) electrons. The highest BCUT2D eigenvalue weighted by Gasteiger charge is 2.37. The van der Waals surface area contributed by atoms with Crippen molar-refractivity contribution < 1.29 is 9.59 Å². The highest BCUT2D eigenvalue weighted by Crippen LogP contribution is 2.29. The molecule has 1 aromatic carbocycles. The molecule has 1 aromatic rings. The summed E-state index contributed by atoms with van der Waals surface area (Å²) in [6.45, 7) is 2.53. The molecule has 5 heteroatoms. The van der Waals surface area contributed by atoms with Crippen LogP contribution in [0.3, 0.4) is 0 Å². The van der Waals surface area contributed by atoms with Crippen LogP contribution in [0.1, 0.15) is 50.6 Å². The monoisotopic (exact) mass is 329 g/mol. The number of nitrogens with one attached hydrogen (secondary N) is 1. The summed E-state index contributed by atoms with van der Waals surface area (Å²) in [5, 5.41) is 3.13. The van der Waals surface area contributed by atoms with Gasteiger partial charge in [0.05, 0.1) is 12.0 Å². The van der Waals surface area contributed by atoms with E-state index in [1.165, 1.54) is 0 Å². The van der Waals surface area contributed by atoms with E-state index in [0.717, 1.165) is 31.2 Å². The van der Waals surface area contributed by atoms with Gasteiger partial charge in [0.1, 0.15) is 0 Å². The normalized spacial score (nSPS) is 28.7. The van der Waals surface area contributed by atoms with Gasteiger partial charge in [-0.25, -0.2) is 0 Å². The van der Waals surface area contributed by atoms with Crippen LogP contribution in [0.5, 0.6) is 0 Å². The predicted molar refractivity (Wildman–Crippen MR) is 93.1 cm³/mol. The van der Waals surface area contributed by atoms with E-state index in [4.69, 9.17) is 5.73 Å². The van der Waals surface area contributed by atoms with Crippen molar-refractivity contribution >= 4 is 11.8 Å². The van der Waals surface area contributed by atoms with Crippen molar-refractivity contribution in [2.75, 3.05) is 6.54 Å². The zero-order chi connectivity index (χ0) is 17.1. The van der Waals surface area contributed by atoms with Crippen molar-refractivity contribution in [2.24, 2.45) is 11.7 Å². The summed E-state index contributed by atoms with van der Waals surface area (Å²) < 4.78 is 0. The summed E-state index contributed by atoms with van der Waals surface area (Å²) in [6.07, 6.45) is 4.13. The minimum atomic E-state index is -0.237. The summed E-state index contributed by atoms with van der Waals surface area (Å²) in [7, 11) is 0. The van der Waals surface area contributed by atoms with Gasteiger partial charge in [0, 0.05) is 25.0 Å². The van der Waals surface area contributed by atoms with Crippen LogP contribution in [0, 0.1) is 5.92 Å². The van der Waals surface area contributed by atoms with Gasteiger partial charge in [-0.1, -0.05) is 30.3 Å². The van der Waals surface area contributed by atoms with Gasteiger partial charge in [-0.15, -0.1) is 0 Å². The molecule has 0 bridgehead atoms. The molecule has 2 amide bonds. The van der Waals surface area contributed by atoms with Gasteiger partial charge in [0.2, 0.25) is 11.8 Å². The number of hydrogen-bond donors (Lipinski definition) is 2. The smallest absolute Gasteiger partial charge is 0.225 e. The summed E-state index contributed by atoms with van der Waals surface area (Å²) in [5.74, 6) is -0.150. The Morgan fingerprint density at radius 3 is 2.54 bits per heavy atom. The van der Waals surface area contributed by atoms with Crippen molar-refractivity contribution in [3.8, 4) is 0 Å². The number of likely N-dealkylation sites (tertiary alicyclic amines) is 1. The van der Waals surface area contributed by atoms with Crippen molar-refractivity contribution in [1.82, 2.24) is 10.2 Å². The Kier molecular flexibility index (Phi) is 5.19. The van der Waals surface area contributed by atoms with Gasteiger partial charge in [-0.3, -0.25) is 9.59 Å². The van der Waals surface area contributed by atoms with E-state index in [2.05, 4.69) is 5.32 Å². The van der Waals surface area contributed by atoms with Crippen LogP contribution in [0.2, 0.25) is 0 Å². The van der Waals surface area contributed by atoms with Crippen LogP contribution in [0.15, 0.2) is 30.3 Å². The highest BCUT2D eigenvalue weighted by atomic mass is 16.2. The maximum Gasteiger partial charge on any atom is 0.225 e. The average Bonchev–Trinajstić information content (AvgIpc) is 2.99. The fraction of sp³-hybridized carbons (Fsp3) is 0.579. The molecule has 1 saturated carbocycles. The molecule has 2 fully saturated rings. The van der Waals surface area contributed by atoms with E-state index < -0.39 is 0 Å². The minimum Gasteiger partial charge on any atom is -0.353 e. The quantitative estimate of drug-likeness (QED) is 0.887. The third-order valence-corrected chi connectivity index (χ3v) is 5.40. The molecule has 1 saturated heterocycles. The molecule has 3 rings (SSSR count). The number of rotatable bonds is 4. The number of hydrogen-bond acceptors (Lipinski definition) is 3. The Morgan fingerprint density at radius 2 is 1.88 bits per heavy atom. The highest BCUT2D eigenvalue weighted by molar-refractivity contribution is 5.89. The molecule has 2 atom stereocenters. The Labute approximate surface area is 143 Å². The van der Waals surface area contributed by atoms with Crippen molar-refractivity contribution in [1.29, 1.82) is 0 Å². The Hall–Kier alpha value is -1.88. The second-order valence-electron chi connectivity index (χ2n) is 7.15. The molecule has 2 unspecified atom stereocenters. The molecule has 24 heavy (non-hydrogen) atoms. The van der Waals surface area contributed by atoms with E-state index in [1.807, 2.05) is 42.2 Å². The van der Waals surface area contributed by atoms with Gasteiger partial charge in [0.15, 0.2) is 0 Å². The first kappa shape index (κ1) is 17.0. The molecule has 0 spiro atoms. The fourth-order valence-corrected chi connectivity index (χ4v) is 3.78. The van der Waals surface area contributed by atoms with Crippen LogP contribution in [0.4, 0.5) is 0 Å². The first-order valence-electron chi connectivity index (χ1n) is 8.95. The maximum atomic E-state index is 12.5. The minimum absolute atomic E-state index is 0.00387. The van der Waals surface area contributed by atoms with Crippen LogP contribution in [0.25, 0.3) is 0 Å². The fourth-order valence-electron chi connectivity index (χ4n) is 3.78. The van der Waals surface area contributed by atoms with Gasteiger partial charge in [0.25, 0.3) is 0 Å². The standard InChI is InChI=1S/C19H27N3O2/c1-13(14-5-3-2-4-6-14)22-12-15(11-18(22)23)19(24)21-17-9-7-16(20)8-10-17/h2-6,13,15-17H,7-12,20H2,1H3,(H,21,24). The summed E-state index contributed by atoms with van der Waals surface area (Å²) >= 11 is 0. The number of nitrogens with zero attached hydrogens (tertiary/aromatic N) is 1. The number of amides is 2. The lowest BCUT2D eigenvalue weighted by Crippen LogP contribution is -2.43. The van der Waals surface area contributed by atoms with Gasteiger partial charge < -0.3 is 16.0 Å². The van der Waals surface area contributed by atoms with Gasteiger partial charge in [-0.05, 0) is 38.2 Å². The second-order valence-corrected chi connectivity index (χ2v) is 7.15. The lowest BCUT2D eigenvalue weighted by Gasteiger charge is -2.28. The number of nitrogens with two attached hydrogens (primary N) is 1. The summed E-state index contributed by atoms with van der Waals surface area (Å²) in [6, 6.07) is 10.5. The van der Waals surface area contributed by atoms with E-state index in [-0.39, 0.29) is 35.9 Å². The lowest BCUT2D eigenvalue weighted by atomic mass is 9.91. The van der Waals surface area contributed by atoms with E-state index in [9.17, 15) is 9.59 Å². The van der Waals surface area contributed by atoms with E-state index in [0.29, 0.717) is 13.0 Å². The van der Waals surface area contributed by atoms with Crippen LogP contribution < -0.4 is 11.1 Å². The zero-order valence-corrected chi connectivity index (χ0v) is 14.3. The third-order valence-electron chi connectivity index (χ3n) is 5.40. The third kappa shape index (κ3) is 3.78. The first-order valence-corrected chi connectivity index (χ1v) is 8.95. The summed E-state index contributed by atoms with van der Waals surface area (Å²) in [4.78, 5) is 26.7. The molecule has 3 N–H and O–H groups in total. The molecule has 1 aliphatic heterocycles. The van der Waals surface area contributed by atoms with Gasteiger partial charge >= 0.3 is 0 Å². The van der Waals surface area contributed by atoms with E-state index in [1.54, 1.807) is 0 Å². The van der Waals surface area contributed by atoms with Crippen LogP contribution in [-0.4, -0.2) is 35.3 Å². The lowest BCUT2D eigenvalue weighted by molar-refractivity contribution is -0.130. The molecule has 1 heterocycles. The van der Waals surface area contributed by atoms with Crippen molar-refractivity contribution in [3.05, 3.63) is 35.9 Å². The Bertz CT molecular complexity index is 582. The maximum absolute atomic E-state index is 12.5. The molecular formula is C19H27N3O2. The van der Waals surface area contributed by atoms with Crippen LogP contribution in [-0.2, 0) is 9.59 Å². The van der Waals surface area contributed by atoms with Crippen molar-refractivity contribution in [3.63, 3.8) is 0 Å². The molecule has 0 aromatic heterocycles. The summed E-state index contributed by atoms with van der Waals surface area (Å²) in [5.41, 5.74) is 7.02. The molecule has 1 aliphatic carbocycles. The number of carbonyl (C=O) groups excluding carboxylic acids is 2. The molecule has 2 aliphatic rings. The topological polar surface area (TPSA) is 75.4 Å². The number of benzene rings is 1. The molecule has 5 nitrogen and oxygen atoms in total. The largest absolute Gasteiger partial charge is 0.353 e. The molecule has 130 valence electrons.